The monoisotopic (exact) mass is 434 g/mol. The van der Waals surface area contributed by atoms with E-state index in [1.807, 2.05) is 23.1 Å². The summed E-state index contributed by atoms with van der Waals surface area (Å²) in [6.07, 6.45) is 0. The maximum Gasteiger partial charge on any atom is 0.241 e. The van der Waals surface area contributed by atoms with Gasteiger partial charge in [0, 0.05) is 23.3 Å². The molecule has 3 aliphatic heterocycles. The molecule has 0 unspecified atom stereocenters. The largest absolute Gasteiger partial charge is 0.454 e. The average Bonchev–Trinajstić information content (AvgIpc) is 3.26. The van der Waals surface area contributed by atoms with Crippen molar-refractivity contribution in [2.45, 2.75) is 18.6 Å². The summed E-state index contributed by atoms with van der Waals surface area (Å²) in [6, 6.07) is 11.9. The number of fused-ring (bicyclic) bond motifs is 2. The first kappa shape index (κ1) is 18.7. The third-order valence-electron chi connectivity index (χ3n) is 5.63. The van der Waals surface area contributed by atoms with Crippen LogP contribution in [0.4, 0.5) is 5.69 Å². The van der Waals surface area contributed by atoms with E-state index in [0.717, 1.165) is 5.56 Å². The van der Waals surface area contributed by atoms with Gasteiger partial charge in [-0.3, -0.25) is 9.69 Å². The van der Waals surface area contributed by atoms with Crippen LogP contribution in [0.25, 0.3) is 0 Å². The Bertz CT molecular complexity index is 1070. The predicted molar refractivity (Wildman–Crippen MR) is 108 cm³/mol. The van der Waals surface area contributed by atoms with Gasteiger partial charge in [0.2, 0.25) is 12.7 Å². The van der Waals surface area contributed by atoms with Crippen LogP contribution in [0.15, 0.2) is 42.5 Å². The molecule has 29 heavy (non-hydrogen) atoms. The van der Waals surface area contributed by atoms with Crippen LogP contribution in [-0.2, 0) is 21.2 Å². The van der Waals surface area contributed by atoms with Gasteiger partial charge in [0.25, 0.3) is 0 Å². The number of carbonyl (C=O) groups is 1. The van der Waals surface area contributed by atoms with E-state index in [-0.39, 0.29) is 36.8 Å². The van der Waals surface area contributed by atoms with Crippen molar-refractivity contribution < 1.29 is 22.7 Å². The van der Waals surface area contributed by atoms with Crippen molar-refractivity contribution in [2.75, 3.05) is 29.7 Å². The molecule has 0 N–H and O–H groups in total. The number of hydrogen-bond donors (Lipinski definition) is 0. The minimum Gasteiger partial charge on any atom is -0.454 e. The summed E-state index contributed by atoms with van der Waals surface area (Å²) >= 11 is 5.97. The molecule has 2 aromatic carbocycles. The number of sulfone groups is 1. The zero-order valence-electron chi connectivity index (χ0n) is 15.5. The fourth-order valence-corrected chi connectivity index (χ4v) is 6.45. The lowest BCUT2D eigenvalue weighted by atomic mass is 10.0. The summed E-state index contributed by atoms with van der Waals surface area (Å²) in [4.78, 5) is 16.6. The van der Waals surface area contributed by atoms with Crippen molar-refractivity contribution in [2.24, 2.45) is 0 Å². The standard InChI is InChI=1S/C20H19ClN2O5S/c21-14-2-4-15(5-3-14)23-17-11-29(25,26)10-16(17)22(9-20(23)24)8-13-1-6-18-19(7-13)28-12-27-18/h1-7,16-17H,8-12H2/t16-,17+/m0/s1. The summed E-state index contributed by atoms with van der Waals surface area (Å²) in [6.45, 7) is 0.807. The Morgan fingerprint density at radius 1 is 1.00 bits per heavy atom. The molecule has 2 fully saturated rings. The summed E-state index contributed by atoms with van der Waals surface area (Å²) in [5, 5.41) is 0.568. The van der Waals surface area contributed by atoms with Crippen LogP contribution in [0, 0.1) is 0 Å². The van der Waals surface area contributed by atoms with Gasteiger partial charge in [-0.25, -0.2) is 8.42 Å². The zero-order valence-corrected chi connectivity index (χ0v) is 17.0. The Labute approximate surface area is 173 Å². The molecule has 0 saturated carbocycles. The van der Waals surface area contributed by atoms with E-state index in [1.54, 1.807) is 29.2 Å². The predicted octanol–water partition coefficient (Wildman–Crippen LogP) is 2.08. The number of hydrogen-bond acceptors (Lipinski definition) is 6. The van der Waals surface area contributed by atoms with E-state index in [2.05, 4.69) is 0 Å². The van der Waals surface area contributed by atoms with Crippen molar-refractivity contribution in [1.82, 2.24) is 4.90 Å². The molecule has 2 atom stereocenters. The number of amides is 1. The second-order valence-corrected chi connectivity index (χ2v) is 10.1. The maximum absolute atomic E-state index is 13.0. The summed E-state index contributed by atoms with van der Waals surface area (Å²) in [5.74, 6) is 1.25. The molecule has 0 aromatic heterocycles. The Hall–Kier alpha value is -2.29. The van der Waals surface area contributed by atoms with Crippen LogP contribution in [0.3, 0.4) is 0 Å². The summed E-state index contributed by atoms with van der Waals surface area (Å²) in [7, 11) is -3.24. The van der Waals surface area contributed by atoms with Crippen LogP contribution in [-0.4, -0.2) is 56.2 Å². The Kier molecular flexibility index (Phi) is 4.45. The van der Waals surface area contributed by atoms with Gasteiger partial charge in [0.05, 0.1) is 24.1 Å². The highest BCUT2D eigenvalue weighted by atomic mass is 35.5. The van der Waals surface area contributed by atoms with E-state index < -0.39 is 15.9 Å². The maximum atomic E-state index is 13.0. The molecular formula is C20H19ClN2O5S. The molecule has 1 amide bonds. The van der Waals surface area contributed by atoms with Crippen molar-refractivity contribution in [1.29, 1.82) is 0 Å². The minimum atomic E-state index is -3.24. The molecule has 0 radical (unpaired) electrons. The molecule has 2 saturated heterocycles. The van der Waals surface area contributed by atoms with Crippen LogP contribution in [0.1, 0.15) is 5.56 Å². The van der Waals surface area contributed by atoms with Gasteiger partial charge in [-0.1, -0.05) is 17.7 Å². The number of halogens is 1. The molecular weight excluding hydrogens is 416 g/mol. The fourth-order valence-electron chi connectivity index (χ4n) is 4.34. The molecule has 3 aliphatic rings. The van der Waals surface area contributed by atoms with Crippen molar-refractivity contribution >= 4 is 33.0 Å². The molecule has 0 spiro atoms. The minimum absolute atomic E-state index is 0.0380. The van der Waals surface area contributed by atoms with Gasteiger partial charge in [0.1, 0.15) is 0 Å². The van der Waals surface area contributed by atoms with Gasteiger partial charge >= 0.3 is 0 Å². The molecule has 0 aliphatic carbocycles. The van der Waals surface area contributed by atoms with E-state index >= 15 is 0 Å². The lowest BCUT2D eigenvalue weighted by Crippen LogP contribution is -2.61. The lowest BCUT2D eigenvalue weighted by Gasteiger charge is -2.43. The Balaban J connectivity index is 1.45. The number of anilines is 1. The van der Waals surface area contributed by atoms with Gasteiger partial charge in [-0.05, 0) is 42.0 Å². The zero-order chi connectivity index (χ0) is 20.2. The normalized spacial score (nSPS) is 25.3. The van der Waals surface area contributed by atoms with Crippen LogP contribution in [0.2, 0.25) is 5.02 Å². The molecule has 7 nitrogen and oxygen atoms in total. The van der Waals surface area contributed by atoms with Crippen LogP contribution in [0.5, 0.6) is 11.5 Å². The molecule has 9 heteroatoms. The van der Waals surface area contributed by atoms with Gasteiger partial charge in [-0.15, -0.1) is 0 Å². The first-order valence-electron chi connectivity index (χ1n) is 9.30. The van der Waals surface area contributed by atoms with E-state index in [9.17, 15) is 13.2 Å². The molecule has 2 aromatic rings. The SMILES string of the molecule is O=C1CN(Cc2ccc3c(c2)OCO3)[C@H]2CS(=O)(=O)C[C@H]2N1c1ccc(Cl)cc1. The van der Waals surface area contributed by atoms with Gasteiger partial charge < -0.3 is 14.4 Å². The molecule has 152 valence electrons. The Morgan fingerprint density at radius 2 is 1.72 bits per heavy atom. The number of nitrogens with zero attached hydrogens (tertiary/aromatic N) is 2. The topological polar surface area (TPSA) is 76.1 Å². The van der Waals surface area contributed by atoms with E-state index in [1.165, 1.54) is 0 Å². The Morgan fingerprint density at radius 3 is 2.52 bits per heavy atom. The van der Waals surface area contributed by atoms with Gasteiger partial charge in [0.15, 0.2) is 21.3 Å². The van der Waals surface area contributed by atoms with E-state index in [4.69, 9.17) is 21.1 Å². The molecule has 3 heterocycles. The number of piperazine rings is 1. The smallest absolute Gasteiger partial charge is 0.241 e. The third kappa shape index (κ3) is 3.45. The van der Waals surface area contributed by atoms with Gasteiger partial charge in [-0.2, -0.15) is 0 Å². The highest BCUT2D eigenvalue weighted by Crippen LogP contribution is 2.35. The second-order valence-electron chi connectivity index (χ2n) is 7.54. The number of ether oxygens (including phenoxy) is 2. The highest BCUT2D eigenvalue weighted by Gasteiger charge is 2.49. The van der Waals surface area contributed by atoms with Crippen molar-refractivity contribution in [3.63, 3.8) is 0 Å². The fraction of sp³-hybridized carbons (Fsp3) is 0.350. The lowest BCUT2D eigenvalue weighted by molar-refractivity contribution is -0.123. The quantitative estimate of drug-likeness (QED) is 0.736. The second kappa shape index (κ2) is 6.90. The number of carbonyl (C=O) groups excluding carboxylic acids is 1. The van der Waals surface area contributed by atoms with E-state index in [0.29, 0.717) is 28.8 Å². The van der Waals surface area contributed by atoms with Crippen LogP contribution < -0.4 is 14.4 Å². The number of rotatable bonds is 3. The first-order valence-corrected chi connectivity index (χ1v) is 11.5. The molecule has 0 bridgehead atoms. The number of benzene rings is 2. The highest BCUT2D eigenvalue weighted by molar-refractivity contribution is 7.91. The van der Waals surface area contributed by atoms with Crippen LogP contribution >= 0.6 is 11.6 Å². The summed E-state index contributed by atoms with van der Waals surface area (Å²) in [5.41, 5.74) is 1.62. The summed E-state index contributed by atoms with van der Waals surface area (Å²) < 4.78 is 35.7. The average molecular weight is 435 g/mol. The molecule has 5 rings (SSSR count). The van der Waals surface area contributed by atoms with Crippen molar-refractivity contribution in [3.8, 4) is 11.5 Å². The third-order valence-corrected chi connectivity index (χ3v) is 7.58. The first-order chi connectivity index (χ1) is 13.9. The van der Waals surface area contributed by atoms with Crippen molar-refractivity contribution in [3.05, 3.63) is 53.1 Å².